The number of thiazole rings is 1. The first kappa shape index (κ1) is 26.7. The Labute approximate surface area is 222 Å². The molecule has 196 valence electrons. The summed E-state index contributed by atoms with van der Waals surface area (Å²) in [6.45, 7) is 7.09. The molecule has 37 heavy (non-hydrogen) atoms. The second-order valence-corrected chi connectivity index (χ2v) is 12.0. The van der Waals surface area contributed by atoms with E-state index in [9.17, 15) is 14.4 Å². The molecule has 3 heterocycles. The SMILES string of the molecule is CC(C)(C)c1cnc(CSc2cnc(NC(=O)C3CCCN(C(=O)c4ccc(NC(=O)O)cc4)C3)s2)o1. The summed E-state index contributed by atoms with van der Waals surface area (Å²) >= 11 is 2.93. The van der Waals surface area contributed by atoms with E-state index in [2.05, 4.69) is 41.4 Å². The largest absolute Gasteiger partial charge is 0.465 e. The van der Waals surface area contributed by atoms with Crippen molar-refractivity contribution in [2.24, 2.45) is 5.92 Å². The Balaban J connectivity index is 1.29. The predicted octanol–water partition coefficient (Wildman–Crippen LogP) is 5.30. The fourth-order valence-electron chi connectivity index (χ4n) is 3.83. The highest BCUT2D eigenvalue weighted by molar-refractivity contribution is 8.00. The zero-order valence-electron chi connectivity index (χ0n) is 20.8. The molecule has 0 spiro atoms. The number of carboxylic acid groups (broad SMARTS) is 1. The Morgan fingerprint density at radius 3 is 2.59 bits per heavy atom. The molecule has 1 saturated heterocycles. The molecular formula is C25H29N5O5S2. The second-order valence-electron chi connectivity index (χ2n) is 9.73. The lowest BCUT2D eigenvalue weighted by molar-refractivity contribution is -0.121. The number of piperidine rings is 1. The summed E-state index contributed by atoms with van der Waals surface area (Å²) in [5.41, 5.74) is 0.733. The number of rotatable bonds is 7. The van der Waals surface area contributed by atoms with E-state index in [1.54, 1.807) is 53.3 Å². The second kappa shape index (κ2) is 11.3. The molecule has 1 unspecified atom stereocenters. The van der Waals surface area contributed by atoms with Gasteiger partial charge in [-0.3, -0.25) is 14.9 Å². The monoisotopic (exact) mass is 543 g/mol. The summed E-state index contributed by atoms with van der Waals surface area (Å²) in [4.78, 5) is 47.0. The number of carbonyl (C=O) groups excluding carboxylic acids is 2. The minimum absolute atomic E-state index is 0.0960. The molecule has 0 saturated carbocycles. The first-order valence-corrected chi connectivity index (χ1v) is 13.6. The maximum atomic E-state index is 12.9. The predicted molar refractivity (Wildman–Crippen MR) is 142 cm³/mol. The first-order valence-electron chi connectivity index (χ1n) is 11.8. The van der Waals surface area contributed by atoms with Crippen LogP contribution in [0, 0.1) is 5.92 Å². The number of oxazole rings is 1. The summed E-state index contributed by atoms with van der Waals surface area (Å²) in [5.74, 6) is 1.37. The molecule has 3 amide bonds. The summed E-state index contributed by atoms with van der Waals surface area (Å²) < 4.78 is 6.76. The van der Waals surface area contributed by atoms with Gasteiger partial charge in [-0.05, 0) is 37.1 Å². The number of nitrogens with zero attached hydrogens (tertiary/aromatic N) is 3. The van der Waals surface area contributed by atoms with E-state index in [4.69, 9.17) is 9.52 Å². The van der Waals surface area contributed by atoms with Crippen molar-refractivity contribution in [3.8, 4) is 0 Å². The van der Waals surface area contributed by atoms with Gasteiger partial charge in [0, 0.05) is 29.8 Å². The van der Waals surface area contributed by atoms with E-state index in [1.807, 2.05) is 0 Å². The lowest BCUT2D eigenvalue weighted by atomic mass is 9.94. The molecule has 1 aliphatic rings. The molecule has 12 heteroatoms. The molecule has 3 aromatic rings. The van der Waals surface area contributed by atoms with Gasteiger partial charge in [0.15, 0.2) is 5.13 Å². The van der Waals surface area contributed by atoms with Gasteiger partial charge in [0.1, 0.15) is 5.76 Å². The fraction of sp³-hybridized carbons (Fsp3) is 0.400. The van der Waals surface area contributed by atoms with Crippen LogP contribution in [0.25, 0.3) is 0 Å². The van der Waals surface area contributed by atoms with Gasteiger partial charge in [0.25, 0.3) is 5.91 Å². The number of nitrogens with one attached hydrogen (secondary N) is 2. The summed E-state index contributed by atoms with van der Waals surface area (Å²) in [7, 11) is 0. The van der Waals surface area contributed by atoms with Crippen LogP contribution in [0.3, 0.4) is 0 Å². The van der Waals surface area contributed by atoms with Crippen molar-refractivity contribution in [1.82, 2.24) is 14.9 Å². The summed E-state index contributed by atoms with van der Waals surface area (Å²) in [6, 6.07) is 6.24. The lowest BCUT2D eigenvalue weighted by Crippen LogP contribution is -2.43. The van der Waals surface area contributed by atoms with Crippen LogP contribution in [0.5, 0.6) is 0 Å². The van der Waals surface area contributed by atoms with Gasteiger partial charge >= 0.3 is 6.09 Å². The van der Waals surface area contributed by atoms with E-state index < -0.39 is 6.09 Å². The average Bonchev–Trinajstić information content (AvgIpc) is 3.52. The third-order valence-electron chi connectivity index (χ3n) is 5.81. The van der Waals surface area contributed by atoms with Gasteiger partial charge in [-0.15, -0.1) is 11.8 Å². The number of thioether (sulfide) groups is 1. The molecule has 0 aliphatic carbocycles. The molecule has 0 bridgehead atoms. The number of hydrogen-bond acceptors (Lipinski definition) is 8. The van der Waals surface area contributed by atoms with E-state index in [1.165, 1.54) is 11.3 Å². The maximum Gasteiger partial charge on any atom is 0.409 e. The number of aromatic nitrogens is 2. The van der Waals surface area contributed by atoms with E-state index >= 15 is 0 Å². The molecule has 1 aliphatic heterocycles. The van der Waals surface area contributed by atoms with Crippen LogP contribution < -0.4 is 10.6 Å². The van der Waals surface area contributed by atoms with Crippen molar-refractivity contribution in [3.05, 3.63) is 53.9 Å². The van der Waals surface area contributed by atoms with Gasteiger partial charge in [0.2, 0.25) is 11.8 Å². The van der Waals surface area contributed by atoms with E-state index in [-0.39, 0.29) is 23.1 Å². The fourth-order valence-corrected chi connectivity index (χ4v) is 5.55. The lowest BCUT2D eigenvalue weighted by Gasteiger charge is -2.32. The Morgan fingerprint density at radius 2 is 1.92 bits per heavy atom. The Hall–Kier alpha value is -3.38. The molecule has 3 N–H and O–H groups in total. The molecule has 4 rings (SSSR count). The van der Waals surface area contributed by atoms with Gasteiger partial charge in [0.05, 0.1) is 28.3 Å². The number of likely N-dealkylation sites (tertiary alicyclic amines) is 1. The van der Waals surface area contributed by atoms with E-state index in [0.29, 0.717) is 54.0 Å². The molecule has 2 aromatic heterocycles. The molecule has 1 aromatic carbocycles. The van der Waals surface area contributed by atoms with Gasteiger partial charge in [-0.1, -0.05) is 32.1 Å². The van der Waals surface area contributed by atoms with Crippen LogP contribution in [0.1, 0.15) is 55.6 Å². The van der Waals surface area contributed by atoms with Gasteiger partial charge < -0.3 is 19.7 Å². The van der Waals surface area contributed by atoms with E-state index in [0.717, 1.165) is 9.97 Å². The van der Waals surface area contributed by atoms with Crippen molar-refractivity contribution in [2.75, 3.05) is 23.7 Å². The van der Waals surface area contributed by atoms with Crippen molar-refractivity contribution < 1.29 is 23.9 Å². The Bertz CT molecular complexity index is 1270. The minimum Gasteiger partial charge on any atom is -0.465 e. The normalized spacial score (nSPS) is 15.9. The topological polar surface area (TPSA) is 138 Å². The number of amides is 3. The third kappa shape index (κ3) is 7.10. The highest BCUT2D eigenvalue weighted by Crippen LogP contribution is 2.32. The van der Waals surface area contributed by atoms with Crippen molar-refractivity contribution >= 4 is 51.8 Å². The molecule has 10 nitrogen and oxygen atoms in total. The summed E-state index contributed by atoms with van der Waals surface area (Å²) in [5, 5.41) is 14.5. The van der Waals surface area contributed by atoms with Crippen molar-refractivity contribution in [3.63, 3.8) is 0 Å². The van der Waals surface area contributed by atoms with Crippen LogP contribution in [-0.2, 0) is 16.0 Å². The Kier molecular flexibility index (Phi) is 8.18. The Morgan fingerprint density at radius 1 is 1.16 bits per heavy atom. The third-order valence-corrected chi connectivity index (χ3v) is 7.90. The van der Waals surface area contributed by atoms with Crippen LogP contribution >= 0.6 is 23.1 Å². The highest BCUT2D eigenvalue weighted by atomic mass is 32.2. The van der Waals surface area contributed by atoms with Crippen molar-refractivity contribution in [1.29, 1.82) is 0 Å². The molecule has 1 atom stereocenters. The van der Waals surface area contributed by atoms with Gasteiger partial charge in [-0.2, -0.15) is 0 Å². The zero-order valence-corrected chi connectivity index (χ0v) is 22.4. The van der Waals surface area contributed by atoms with Crippen LogP contribution in [0.2, 0.25) is 0 Å². The number of hydrogen-bond donors (Lipinski definition) is 3. The average molecular weight is 544 g/mol. The molecular weight excluding hydrogens is 514 g/mol. The minimum atomic E-state index is -1.17. The molecule has 0 radical (unpaired) electrons. The maximum absolute atomic E-state index is 12.9. The van der Waals surface area contributed by atoms with Crippen LogP contribution in [0.4, 0.5) is 15.6 Å². The quantitative estimate of drug-likeness (QED) is 0.341. The van der Waals surface area contributed by atoms with Crippen molar-refractivity contribution in [2.45, 2.75) is 49.0 Å². The molecule has 1 fully saturated rings. The zero-order chi connectivity index (χ0) is 26.6. The van der Waals surface area contributed by atoms with Crippen LogP contribution in [-0.4, -0.2) is 51.0 Å². The highest BCUT2D eigenvalue weighted by Gasteiger charge is 2.29. The standard InChI is InChI=1S/C25H29N5O5S2/c1-25(2,3)18-11-26-19(35-18)14-36-20-12-27-23(37-20)29-21(31)16-5-4-10-30(13-16)22(32)15-6-8-17(9-7-15)28-24(33)34/h6-9,11-12,16,28H,4-5,10,13-14H2,1-3H3,(H,33,34)(H,27,29,31). The number of anilines is 2. The number of benzene rings is 1. The number of carbonyl (C=O) groups is 3. The smallest absolute Gasteiger partial charge is 0.409 e. The first-order chi connectivity index (χ1) is 17.6. The summed E-state index contributed by atoms with van der Waals surface area (Å²) in [6.07, 6.45) is 3.72. The van der Waals surface area contributed by atoms with Gasteiger partial charge in [-0.25, -0.2) is 14.8 Å². The van der Waals surface area contributed by atoms with Crippen LogP contribution in [0.15, 0.2) is 45.3 Å².